The summed E-state index contributed by atoms with van der Waals surface area (Å²) in [7, 11) is 0. The van der Waals surface area contributed by atoms with Crippen molar-refractivity contribution in [2.45, 2.75) is 20.3 Å². The molecule has 10 heavy (non-hydrogen) atoms. The first-order chi connectivity index (χ1) is 4.57. The highest BCUT2D eigenvalue weighted by Crippen LogP contribution is 2.09. The Hall–Kier alpha value is -0.310. The third kappa shape index (κ3) is 3.67. The number of Topliss-reactive ketones (excluding diaryl/α,β-unsaturated/α-hetero) is 1. The molecule has 0 aromatic heterocycles. The lowest BCUT2D eigenvalue weighted by molar-refractivity contribution is -0.123. The second-order valence-corrected chi connectivity index (χ2v) is 3.16. The number of rotatable bonds is 3. The van der Waals surface area contributed by atoms with E-state index in [4.69, 9.17) is 0 Å². The van der Waals surface area contributed by atoms with E-state index < -0.39 is 0 Å². The van der Waals surface area contributed by atoms with Gasteiger partial charge in [0, 0.05) is 12.3 Å². The minimum Gasteiger partial charge on any atom is -0.300 e. The summed E-state index contributed by atoms with van der Waals surface area (Å²) in [5.41, 5.74) is 0. The maximum atomic E-state index is 10.7. The van der Waals surface area contributed by atoms with Gasteiger partial charge in [-0.3, -0.25) is 9.59 Å². The molecule has 0 amide bonds. The van der Waals surface area contributed by atoms with Gasteiger partial charge < -0.3 is 0 Å². The SMILES string of the molecule is CSC(=O)CC(C)C(C)=O. The lowest BCUT2D eigenvalue weighted by atomic mass is 10.1. The monoisotopic (exact) mass is 160 g/mol. The fourth-order valence-corrected chi connectivity index (χ4v) is 0.894. The van der Waals surface area contributed by atoms with Crippen molar-refractivity contribution in [3.63, 3.8) is 0 Å². The normalized spacial score (nSPS) is 12.7. The molecule has 0 fully saturated rings. The summed E-state index contributed by atoms with van der Waals surface area (Å²) >= 11 is 1.18. The van der Waals surface area contributed by atoms with Crippen LogP contribution in [0.25, 0.3) is 0 Å². The van der Waals surface area contributed by atoms with Crippen LogP contribution >= 0.6 is 11.8 Å². The molecule has 0 aromatic rings. The average molecular weight is 160 g/mol. The van der Waals surface area contributed by atoms with E-state index in [9.17, 15) is 9.59 Å². The zero-order chi connectivity index (χ0) is 8.15. The third-order valence-corrected chi connectivity index (χ3v) is 2.02. The van der Waals surface area contributed by atoms with E-state index in [0.29, 0.717) is 6.42 Å². The molecule has 0 bridgehead atoms. The maximum absolute atomic E-state index is 10.7. The Morgan fingerprint density at radius 1 is 1.50 bits per heavy atom. The summed E-state index contributed by atoms with van der Waals surface area (Å²) < 4.78 is 0. The second-order valence-electron chi connectivity index (χ2n) is 2.29. The van der Waals surface area contributed by atoms with Crippen molar-refractivity contribution in [3.05, 3.63) is 0 Å². The second kappa shape index (κ2) is 4.50. The van der Waals surface area contributed by atoms with Gasteiger partial charge in [-0.1, -0.05) is 18.7 Å². The quantitative estimate of drug-likeness (QED) is 0.627. The summed E-state index contributed by atoms with van der Waals surface area (Å²) in [5.74, 6) is -0.0256. The number of carbonyl (C=O) groups excluding carboxylic acids is 2. The Labute approximate surface area is 65.4 Å². The molecule has 0 radical (unpaired) electrons. The zero-order valence-electron chi connectivity index (χ0n) is 6.51. The summed E-state index contributed by atoms with van der Waals surface area (Å²) in [6, 6.07) is 0. The van der Waals surface area contributed by atoms with Crippen LogP contribution in [0.15, 0.2) is 0 Å². The van der Waals surface area contributed by atoms with E-state index >= 15 is 0 Å². The van der Waals surface area contributed by atoms with Crippen LogP contribution in [-0.4, -0.2) is 17.2 Å². The standard InChI is InChI=1S/C7H12O2S/c1-5(6(2)8)4-7(9)10-3/h5H,4H2,1-3H3. The van der Waals surface area contributed by atoms with Gasteiger partial charge in [-0.15, -0.1) is 0 Å². The van der Waals surface area contributed by atoms with Crippen molar-refractivity contribution in [2.75, 3.05) is 6.26 Å². The fraction of sp³-hybridized carbons (Fsp3) is 0.714. The van der Waals surface area contributed by atoms with E-state index in [1.54, 1.807) is 13.2 Å². The fourth-order valence-electron chi connectivity index (χ4n) is 0.477. The van der Waals surface area contributed by atoms with Crippen LogP contribution in [0.4, 0.5) is 0 Å². The molecule has 0 aromatic carbocycles. The molecular weight excluding hydrogens is 148 g/mol. The van der Waals surface area contributed by atoms with Crippen LogP contribution < -0.4 is 0 Å². The van der Waals surface area contributed by atoms with Gasteiger partial charge in [-0.2, -0.15) is 0 Å². The van der Waals surface area contributed by atoms with Crippen molar-refractivity contribution in [1.29, 1.82) is 0 Å². The summed E-state index contributed by atoms with van der Waals surface area (Å²) in [5, 5.41) is 0.0858. The number of hydrogen-bond acceptors (Lipinski definition) is 3. The molecule has 0 rings (SSSR count). The minimum atomic E-state index is -0.111. The molecule has 58 valence electrons. The number of thioether (sulfide) groups is 1. The molecule has 0 saturated heterocycles. The van der Waals surface area contributed by atoms with E-state index in [-0.39, 0.29) is 16.8 Å². The average Bonchev–Trinajstić information content (AvgIpc) is 1.87. The molecule has 0 aliphatic carbocycles. The minimum absolute atomic E-state index is 0.0856. The maximum Gasteiger partial charge on any atom is 0.189 e. The molecular formula is C7H12O2S. The predicted octanol–water partition coefficient (Wildman–Crippen LogP) is 1.49. The Bertz CT molecular complexity index is 143. The smallest absolute Gasteiger partial charge is 0.189 e. The first-order valence-corrected chi connectivity index (χ1v) is 4.37. The first-order valence-electron chi connectivity index (χ1n) is 3.15. The lowest BCUT2D eigenvalue weighted by Crippen LogP contribution is -2.09. The zero-order valence-corrected chi connectivity index (χ0v) is 7.33. The Morgan fingerprint density at radius 2 is 2.00 bits per heavy atom. The molecule has 0 N–H and O–H groups in total. The largest absolute Gasteiger partial charge is 0.300 e. The highest BCUT2D eigenvalue weighted by molar-refractivity contribution is 8.13. The van der Waals surface area contributed by atoms with Crippen molar-refractivity contribution in [3.8, 4) is 0 Å². The van der Waals surface area contributed by atoms with Crippen molar-refractivity contribution in [1.82, 2.24) is 0 Å². The van der Waals surface area contributed by atoms with Crippen molar-refractivity contribution >= 4 is 22.7 Å². The number of hydrogen-bond donors (Lipinski definition) is 0. The predicted molar refractivity (Wildman–Crippen MR) is 43.0 cm³/mol. The molecule has 0 aliphatic rings. The van der Waals surface area contributed by atoms with Gasteiger partial charge in [0.2, 0.25) is 0 Å². The Morgan fingerprint density at radius 3 is 2.30 bits per heavy atom. The molecule has 1 unspecified atom stereocenters. The van der Waals surface area contributed by atoms with E-state index in [0.717, 1.165) is 0 Å². The topological polar surface area (TPSA) is 34.1 Å². The van der Waals surface area contributed by atoms with Gasteiger partial charge in [0.15, 0.2) is 5.12 Å². The number of carbonyl (C=O) groups is 2. The van der Waals surface area contributed by atoms with Gasteiger partial charge in [-0.25, -0.2) is 0 Å². The van der Waals surface area contributed by atoms with Crippen LogP contribution in [0.2, 0.25) is 0 Å². The molecule has 0 aliphatic heterocycles. The van der Waals surface area contributed by atoms with Crippen LogP contribution in [0.1, 0.15) is 20.3 Å². The van der Waals surface area contributed by atoms with Crippen molar-refractivity contribution < 1.29 is 9.59 Å². The molecule has 0 saturated carbocycles. The molecule has 3 heteroatoms. The van der Waals surface area contributed by atoms with Crippen LogP contribution in [0.3, 0.4) is 0 Å². The third-order valence-electron chi connectivity index (χ3n) is 1.39. The van der Waals surface area contributed by atoms with Gasteiger partial charge in [-0.05, 0) is 13.2 Å². The molecule has 2 nitrogen and oxygen atoms in total. The lowest BCUT2D eigenvalue weighted by Gasteiger charge is -2.02. The summed E-state index contributed by atoms with van der Waals surface area (Å²) in [6.07, 6.45) is 2.10. The van der Waals surface area contributed by atoms with Gasteiger partial charge in [0.25, 0.3) is 0 Å². The van der Waals surface area contributed by atoms with E-state index in [1.165, 1.54) is 18.7 Å². The molecule has 0 spiro atoms. The van der Waals surface area contributed by atoms with Gasteiger partial charge in [0.05, 0.1) is 0 Å². The highest BCUT2D eigenvalue weighted by atomic mass is 32.2. The van der Waals surface area contributed by atoms with Crippen molar-refractivity contribution in [2.24, 2.45) is 5.92 Å². The highest BCUT2D eigenvalue weighted by Gasteiger charge is 2.11. The Balaban J connectivity index is 3.68. The van der Waals surface area contributed by atoms with E-state index in [2.05, 4.69) is 0 Å². The van der Waals surface area contributed by atoms with Gasteiger partial charge >= 0.3 is 0 Å². The molecule has 1 atom stereocenters. The molecule has 0 heterocycles. The Kier molecular flexibility index (Phi) is 4.36. The summed E-state index contributed by atoms with van der Waals surface area (Å²) in [4.78, 5) is 21.4. The van der Waals surface area contributed by atoms with Crippen LogP contribution in [0, 0.1) is 5.92 Å². The van der Waals surface area contributed by atoms with Crippen LogP contribution in [-0.2, 0) is 9.59 Å². The van der Waals surface area contributed by atoms with Gasteiger partial charge in [0.1, 0.15) is 5.78 Å². The van der Waals surface area contributed by atoms with Crippen LogP contribution in [0.5, 0.6) is 0 Å². The van der Waals surface area contributed by atoms with E-state index in [1.807, 2.05) is 0 Å². The summed E-state index contributed by atoms with van der Waals surface area (Å²) in [6.45, 7) is 3.29. The first kappa shape index (κ1) is 9.69. The number of ketones is 1.